The van der Waals surface area contributed by atoms with Gasteiger partial charge in [-0.15, -0.1) is 0 Å². The van der Waals surface area contributed by atoms with Crippen molar-refractivity contribution in [2.75, 3.05) is 26.2 Å². The van der Waals surface area contributed by atoms with Crippen LogP contribution < -0.4 is 5.73 Å². The lowest BCUT2D eigenvalue weighted by Crippen LogP contribution is -2.37. The Labute approximate surface area is 103 Å². The molecule has 1 aliphatic carbocycles. The normalized spacial score (nSPS) is 29.6. The molecule has 0 aromatic heterocycles. The lowest BCUT2D eigenvalue weighted by Gasteiger charge is -2.30. The van der Waals surface area contributed by atoms with E-state index in [4.69, 9.17) is 10.5 Å². The summed E-state index contributed by atoms with van der Waals surface area (Å²) in [5.74, 6) is 0.610. The van der Waals surface area contributed by atoms with Crippen LogP contribution in [0.1, 0.15) is 38.5 Å². The van der Waals surface area contributed by atoms with Crippen LogP contribution in [-0.4, -0.2) is 43.2 Å². The van der Waals surface area contributed by atoms with Gasteiger partial charge in [0.15, 0.2) is 0 Å². The summed E-state index contributed by atoms with van der Waals surface area (Å²) in [7, 11) is 0. The van der Waals surface area contributed by atoms with Crippen molar-refractivity contribution >= 4 is 5.91 Å². The van der Waals surface area contributed by atoms with Gasteiger partial charge in [-0.25, -0.2) is 0 Å². The zero-order valence-electron chi connectivity index (χ0n) is 10.6. The van der Waals surface area contributed by atoms with Crippen molar-refractivity contribution in [1.29, 1.82) is 0 Å². The highest BCUT2D eigenvalue weighted by atomic mass is 16.5. The lowest BCUT2D eigenvalue weighted by molar-refractivity contribution is -0.139. The molecule has 1 saturated carbocycles. The summed E-state index contributed by atoms with van der Waals surface area (Å²) in [6, 6.07) is 0. The van der Waals surface area contributed by atoms with Crippen LogP contribution >= 0.6 is 0 Å². The molecule has 1 saturated heterocycles. The average Bonchev–Trinajstić information content (AvgIpc) is 2.90. The number of rotatable bonds is 4. The van der Waals surface area contributed by atoms with Crippen molar-refractivity contribution in [3.05, 3.63) is 0 Å². The first kappa shape index (κ1) is 12.8. The zero-order valence-corrected chi connectivity index (χ0v) is 10.6. The summed E-state index contributed by atoms with van der Waals surface area (Å²) in [5.41, 5.74) is 5.75. The second kappa shape index (κ2) is 6.36. The number of likely N-dealkylation sites (tertiary alicyclic amines) is 1. The minimum absolute atomic E-state index is 0.156. The molecule has 1 amide bonds. The maximum atomic E-state index is 11.9. The number of ether oxygens (including phenoxy) is 1. The fraction of sp³-hybridized carbons (Fsp3) is 0.923. The quantitative estimate of drug-likeness (QED) is 0.802. The molecule has 0 radical (unpaired) electrons. The fourth-order valence-electron chi connectivity index (χ4n) is 2.90. The van der Waals surface area contributed by atoms with Crippen LogP contribution in [0.4, 0.5) is 0 Å². The standard InChI is InChI=1S/C13H24N2O2/c14-9-11-5-1-2-6-12(11)17-10-13(16)15-7-3-4-8-15/h11-12H,1-10,14H2. The van der Waals surface area contributed by atoms with Crippen molar-refractivity contribution < 1.29 is 9.53 Å². The van der Waals surface area contributed by atoms with Crippen molar-refractivity contribution in [1.82, 2.24) is 4.90 Å². The summed E-state index contributed by atoms with van der Waals surface area (Å²) < 4.78 is 5.79. The van der Waals surface area contributed by atoms with E-state index in [1.807, 2.05) is 4.90 Å². The molecule has 2 atom stereocenters. The molecule has 17 heavy (non-hydrogen) atoms. The van der Waals surface area contributed by atoms with Crippen LogP contribution in [0.2, 0.25) is 0 Å². The highest BCUT2D eigenvalue weighted by Gasteiger charge is 2.26. The lowest BCUT2D eigenvalue weighted by atomic mass is 9.86. The van der Waals surface area contributed by atoms with E-state index in [1.165, 1.54) is 12.8 Å². The number of amides is 1. The summed E-state index contributed by atoms with van der Waals surface area (Å²) >= 11 is 0. The fourth-order valence-corrected chi connectivity index (χ4v) is 2.90. The minimum Gasteiger partial charge on any atom is -0.368 e. The monoisotopic (exact) mass is 240 g/mol. The number of carbonyl (C=O) groups is 1. The molecule has 98 valence electrons. The van der Waals surface area contributed by atoms with Gasteiger partial charge in [0.25, 0.3) is 0 Å². The molecule has 1 aliphatic heterocycles. The second-order valence-corrected chi connectivity index (χ2v) is 5.22. The smallest absolute Gasteiger partial charge is 0.248 e. The predicted octanol–water partition coefficient (Wildman–Crippen LogP) is 1.14. The highest BCUT2D eigenvalue weighted by Crippen LogP contribution is 2.26. The number of carbonyl (C=O) groups excluding carboxylic acids is 1. The van der Waals surface area contributed by atoms with E-state index in [1.54, 1.807) is 0 Å². The van der Waals surface area contributed by atoms with Gasteiger partial charge in [-0.3, -0.25) is 4.79 Å². The van der Waals surface area contributed by atoms with Gasteiger partial charge >= 0.3 is 0 Å². The van der Waals surface area contributed by atoms with Crippen molar-refractivity contribution in [2.45, 2.75) is 44.6 Å². The van der Waals surface area contributed by atoms with Crippen LogP contribution in [0.5, 0.6) is 0 Å². The van der Waals surface area contributed by atoms with Gasteiger partial charge in [0, 0.05) is 13.1 Å². The van der Waals surface area contributed by atoms with Crippen LogP contribution in [0.25, 0.3) is 0 Å². The zero-order chi connectivity index (χ0) is 12.1. The highest BCUT2D eigenvalue weighted by molar-refractivity contribution is 5.77. The Balaban J connectivity index is 1.74. The molecule has 0 bridgehead atoms. The Morgan fingerprint density at radius 1 is 1.18 bits per heavy atom. The van der Waals surface area contributed by atoms with Crippen LogP contribution in [0, 0.1) is 5.92 Å². The van der Waals surface area contributed by atoms with Gasteiger partial charge in [0.1, 0.15) is 6.61 Å². The third-order valence-electron chi connectivity index (χ3n) is 4.02. The first-order chi connectivity index (χ1) is 8.31. The van der Waals surface area contributed by atoms with E-state index in [0.29, 0.717) is 12.5 Å². The van der Waals surface area contributed by atoms with E-state index in [0.717, 1.165) is 38.8 Å². The Hall–Kier alpha value is -0.610. The minimum atomic E-state index is 0.156. The van der Waals surface area contributed by atoms with Crippen molar-refractivity contribution in [3.8, 4) is 0 Å². The maximum absolute atomic E-state index is 11.9. The molecule has 2 unspecified atom stereocenters. The SMILES string of the molecule is NCC1CCCCC1OCC(=O)N1CCCC1. The molecule has 0 aromatic carbocycles. The van der Waals surface area contributed by atoms with Crippen molar-refractivity contribution in [2.24, 2.45) is 11.7 Å². The number of nitrogens with two attached hydrogens (primary N) is 1. The summed E-state index contributed by atoms with van der Waals surface area (Å²) in [6.45, 7) is 2.75. The van der Waals surface area contributed by atoms with E-state index >= 15 is 0 Å². The summed E-state index contributed by atoms with van der Waals surface area (Å²) in [5, 5.41) is 0. The predicted molar refractivity (Wildman–Crippen MR) is 66.6 cm³/mol. The molecular formula is C13H24N2O2. The Kier molecular flexibility index (Phi) is 4.80. The van der Waals surface area contributed by atoms with Gasteiger partial charge in [0.2, 0.25) is 5.91 Å². The van der Waals surface area contributed by atoms with Gasteiger partial charge in [0.05, 0.1) is 6.10 Å². The number of nitrogens with zero attached hydrogens (tertiary/aromatic N) is 1. The van der Waals surface area contributed by atoms with Crippen molar-refractivity contribution in [3.63, 3.8) is 0 Å². The largest absolute Gasteiger partial charge is 0.368 e. The topological polar surface area (TPSA) is 55.6 Å². The molecule has 4 nitrogen and oxygen atoms in total. The molecule has 0 spiro atoms. The third-order valence-corrected chi connectivity index (χ3v) is 4.02. The van der Waals surface area contributed by atoms with Crippen LogP contribution in [0.3, 0.4) is 0 Å². The molecule has 2 rings (SSSR count). The molecule has 2 N–H and O–H groups in total. The molecule has 4 heteroatoms. The van der Waals surface area contributed by atoms with Crippen LogP contribution in [0.15, 0.2) is 0 Å². The molecule has 2 fully saturated rings. The van der Waals surface area contributed by atoms with E-state index < -0.39 is 0 Å². The van der Waals surface area contributed by atoms with Gasteiger partial charge in [-0.05, 0) is 38.1 Å². The van der Waals surface area contributed by atoms with Crippen LogP contribution in [-0.2, 0) is 9.53 Å². The molecule has 1 heterocycles. The Morgan fingerprint density at radius 2 is 1.88 bits per heavy atom. The van der Waals surface area contributed by atoms with E-state index in [9.17, 15) is 4.79 Å². The van der Waals surface area contributed by atoms with Gasteiger partial charge < -0.3 is 15.4 Å². The summed E-state index contributed by atoms with van der Waals surface area (Å²) in [4.78, 5) is 13.8. The van der Waals surface area contributed by atoms with Gasteiger partial charge in [-0.2, -0.15) is 0 Å². The Bertz CT molecular complexity index is 252. The van der Waals surface area contributed by atoms with Gasteiger partial charge in [-0.1, -0.05) is 12.8 Å². The number of hydrogen-bond donors (Lipinski definition) is 1. The van der Waals surface area contributed by atoms with E-state index in [2.05, 4.69) is 0 Å². The third kappa shape index (κ3) is 3.42. The Morgan fingerprint density at radius 3 is 2.59 bits per heavy atom. The molecule has 0 aromatic rings. The first-order valence-corrected chi connectivity index (χ1v) is 6.90. The number of hydrogen-bond acceptors (Lipinski definition) is 3. The molecule has 2 aliphatic rings. The average molecular weight is 240 g/mol. The molecular weight excluding hydrogens is 216 g/mol. The first-order valence-electron chi connectivity index (χ1n) is 6.90. The summed E-state index contributed by atoms with van der Waals surface area (Å²) in [6.07, 6.45) is 7.16. The maximum Gasteiger partial charge on any atom is 0.248 e. The second-order valence-electron chi connectivity index (χ2n) is 5.22. The van der Waals surface area contributed by atoms with E-state index in [-0.39, 0.29) is 18.6 Å².